The van der Waals surface area contributed by atoms with Crippen molar-refractivity contribution in [3.63, 3.8) is 0 Å². The molecular formula is C21H21NO5. The van der Waals surface area contributed by atoms with Crippen molar-refractivity contribution >= 4 is 12.1 Å². The molecule has 4 rings (SSSR count). The van der Waals surface area contributed by atoms with Gasteiger partial charge in [-0.15, -0.1) is 0 Å². The van der Waals surface area contributed by atoms with Crippen LogP contribution in [-0.2, 0) is 14.3 Å². The van der Waals surface area contributed by atoms with E-state index in [0.717, 1.165) is 22.3 Å². The summed E-state index contributed by atoms with van der Waals surface area (Å²) in [6.45, 7) is 0.602. The smallest absolute Gasteiger partial charge is 0.408 e. The molecule has 2 N–H and O–H groups in total. The summed E-state index contributed by atoms with van der Waals surface area (Å²) in [5, 5.41) is 12.0. The second-order valence-corrected chi connectivity index (χ2v) is 6.99. The molecule has 2 aromatic rings. The molecule has 1 aliphatic carbocycles. The quantitative estimate of drug-likeness (QED) is 0.867. The Morgan fingerprint density at radius 3 is 2.30 bits per heavy atom. The topological polar surface area (TPSA) is 84.9 Å². The van der Waals surface area contributed by atoms with Crippen LogP contribution in [0.2, 0.25) is 0 Å². The number of carbonyl (C=O) groups excluding carboxylic acids is 1. The maximum absolute atomic E-state index is 12.3. The van der Waals surface area contributed by atoms with Crippen molar-refractivity contribution in [3.05, 3.63) is 59.7 Å². The zero-order valence-corrected chi connectivity index (χ0v) is 14.8. The highest BCUT2D eigenvalue weighted by Crippen LogP contribution is 2.44. The van der Waals surface area contributed by atoms with Crippen LogP contribution in [0.4, 0.5) is 4.79 Å². The van der Waals surface area contributed by atoms with E-state index in [2.05, 4.69) is 17.4 Å². The third-order valence-electron chi connectivity index (χ3n) is 5.34. The molecule has 2 aromatic carbocycles. The van der Waals surface area contributed by atoms with Gasteiger partial charge in [0.15, 0.2) is 5.54 Å². The number of hydrogen-bond donors (Lipinski definition) is 2. The molecule has 2 aliphatic rings. The van der Waals surface area contributed by atoms with Gasteiger partial charge in [0.25, 0.3) is 0 Å². The lowest BCUT2D eigenvalue weighted by atomic mass is 9.93. The van der Waals surface area contributed by atoms with Gasteiger partial charge in [-0.3, -0.25) is 0 Å². The van der Waals surface area contributed by atoms with Crippen LogP contribution in [0.5, 0.6) is 0 Å². The van der Waals surface area contributed by atoms with E-state index in [4.69, 9.17) is 9.47 Å². The Hall–Kier alpha value is -2.86. The summed E-state index contributed by atoms with van der Waals surface area (Å²) in [5.74, 6) is -1.16. The van der Waals surface area contributed by atoms with Crippen LogP contribution in [0.25, 0.3) is 11.1 Å². The highest BCUT2D eigenvalue weighted by molar-refractivity contribution is 5.85. The van der Waals surface area contributed by atoms with Crippen molar-refractivity contribution in [2.24, 2.45) is 0 Å². The molecule has 0 spiro atoms. The van der Waals surface area contributed by atoms with Crippen molar-refractivity contribution < 1.29 is 24.2 Å². The normalized spacial score (nSPS) is 21.2. The molecule has 0 bridgehead atoms. The number of rotatable bonds is 4. The van der Waals surface area contributed by atoms with Crippen molar-refractivity contribution in [1.82, 2.24) is 5.32 Å². The van der Waals surface area contributed by atoms with E-state index < -0.39 is 17.6 Å². The Labute approximate surface area is 157 Å². The number of carboxylic acid groups (broad SMARTS) is 1. The molecule has 1 fully saturated rings. The Kier molecular flexibility index (Phi) is 4.58. The summed E-state index contributed by atoms with van der Waals surface area (Å²) in [6.07, 6.45) is 0.174. The Morgan fingerprint density at radius 2 is 1.74 bits per heavy atom. The van der Waals surface area contributed by atoms with Gasteiger partial charge in [0.2, 0.25) is 0 Å². The molecule has 1 aliphatic heterocycles. The van der Waals surface area contributed by atoms with E-state index in [-0.39, 0.29) is 19.1 Å². The van der Waals surface area contributed by atoms with Crippen LogP contribution in [0.15, 0.2) is 48.5 Å². The van der Waals surface area contributed by atoms with Gasteiger partial charge in [0, 0.05) is 12.5 Å². The predicted molar refractivity (Wildman–Crippen MR) is 98.6 cm³/mol. The molecular weight excluding hydrogens is 346 g/mol. The lowest BCUT2D eigenvalue weighted by Gasteiger charge is -2.33. The molecule has 1 saturated heterocycles. The van der Waals surface area contributed by atoms with Gasteiger partial charge in [-0.1, -0.05) is 48.5 Å². The summed E-state index contributed by atoms with van der Waals surface area (Å²) in [5.41, 5.74) is 3.09. The molecule has 1 heterocycles. The number of benzene rings is 2. The highest BCUT2D eigenvalue weighted by atomic mass is 16.6. The van der Waals surface area contributed by atoms with Crippen LogP contribution >= 0.6 is 0 Å². The van der Waals surface area contributed by atoms with Crippen LogP contribution < -0.4 is 5.32 Å². The van der Waals surface area contributed by atoms with E-state index in [1.54, 1.807) is 0 Å². The van der Waals surface area contributed by atoms with Crippen molar-refractivity contribution in [2.45, 2.75) is 24.3 Å². The van der Waals surface area contributed by atoms with Crippen LogP contribution in [0, 0.1) is 0 Å². The third kappa shape index (κ3) is 3.17. The van der Waals surface area contributed by atoms with Gasteiger partial charge in [0.05, 0.1) is 6.61 Å². The van der Waals surface area contributed by atoms with Crippen molar-refractivity contribution in [2.75, 3.05) is 19.8 Å². The fraction of sp³-hybridized carbons (Fsp3) is 0.333. The average molecular weight is 367 g/mol. The first kappa shape index (κ1) is 17.5. The number of aliphatic carboxylic acids is 1. The van der Waals surface area contributed by atoms with E-state index in [9.17, 15) is 14.7 Å². The first-order valence-electron chi connectivity index (χ1n) is 9.05. The first-order valence-corrected chi connectivity index (χ1v) is 9.05. The van der Waals surface area contributed by atoms with Crippen molar-refractivity contribution in [3.8, 4) is 11.1 Å². The molecule has 1 atom stereocenters. The number of alkyl carbamates (subject to hydrolysis) is 1. The predicted octanol–water partition coefficient (Wildman–Crippen LogP) is 3.16. The zero-order valence-electron chi connectivity index (χ0n) is 14.8. The molecule has 1 amide bonds. The monoisotopic (exact) mass is 367 g/mol. The minimum atomic E-state index is -1.42. The van der Waals surface area contributed by atoms with Gasteiger partial charge in [-0.2, -0.15) is 0 Å². The molecule has 140 valence electrons. The summed E-state index contributed by atoms with van der Waals surface area (Å²) in [7, 11) is 0. The lowest BCUT2D eigenvalue weighted by molar-refractivity contribution is -0.150. The molecule has 0 aromatic heterocycles. The molecule has 0 saturated carbocycles. The maximum atomic E-state index is 12.3. The lowest BCUT2D eigenvalue weighted by Crippen LogP contribution is -2.59. The number of nitrogens with one attached hydrogen (secondary N) is 1. The third-order valence-corrected chi connectivity index (χ3v) is 5.34. The van der Waals surface area contributed by atoms with E-state index in [1.807, 2.05) is 36.4 Å². The molecule has 1 unspecified atom stereocenters. The second-order valence-electron chi connectivity index (χ2n) is 6.99. The fourth-order valence-electron chi connectivity index (χ4n) is 3.95. The summed E-state index contributed by atoms with van der Waals surface area (Å²) < 4.78 is 10.7. The van der Waals surface area contributed by atoms with E-state index in [1.165, 1.54) is 0 Å². The molecule has 27 heavy (non-hydrogen) atoms. The van der Waals surface area contributed by atoms with Gasteiger partial charge < -0.3 is 19.9 Å². The molecule has 6 heteroatoms. The minimum Gasteiger partial charge on any atom is -0.479 e. The van der Waals surface area contributed by atoms with Gasteiger partial charge in [-0.25, -0.2) is 9.59 Å². The Balaban J connectivity index is 1.49. The van der Waals surface area contributed by atoms with Gasteiger partial charge >= 0.3 is 12.1 Å². The highest BCUT2D eigenvalue weighted by Gasteiger charge is 2.43. The van der Waals surface area contributed by atoms with Crippen LogP contribution in [0.3, 0.4) is 0 Å². The number of amides is 1. The van der Waals surface area contributed by atoms with E-state index in [0.29, 0.717) is 19.4 Å². The number of hydrogen-bond acceptors (Lipinski definition) is 4. The fourth-order valence-corrected chi connectivity index (χ4v) is 3.95. The van der Waals surface area contributed by atoms with Crippen molar-refractivity contribution in [1.29, 1.82) is 0 Å². The Bertz CT molecular complexity index is 827. The number of carboxylic acids is 1. The molecule has 0 radical (unpaired) electrons. The second kappa shape index (κ2) is 7.04. The maximum Gasteiger partial charge on any atom is 0.408 e. The number of carbonyl (C=O) groups is 2. The number of ether oxygens (including phenoxy) is 2. The number of fused-ring (bicyclic) bond motifs is 3. The average Bonchev–Trinajstić information content (AvgIpc) is 3.01. The summed E-state index contributed by atoms with van der Waals surface area (Å²) >= 11 is 0. The van der Waals surface area contributed by atoms with Gasteiger partial charge in [-0.05, 0) is 35.1 Å². The largest absolute Gasteiger partial charge is 0.479 e. The van der Waals surface area contributed by atoms with Gasteiger partial charge in [0.1, 0.15) is 6.61 Å². The van der Waals surface area contributed by atoms with Crippen LogP contribution in [-0.4, -0.2) is 42.5 Å². The SMILES string of the molecule is O=C(NC1(C(=O)O)CCCOC1)OCC1c2ccccc2-c2ccccc21. The zero-order chi connectivity index (χ0) is 18.9. The minimum absolute atomic E-state index is 0.0491. The first-order chi connectivity index (χ1) is 13.1. The van der Waals surface area contributed by atoms with E-state index >= 15 is 0 Å². The molecule has 6 nitrogen and oxygen atoms in total. The summed E-state index contributed by atoms with van der Waals surface area (Å²) in [6, 6.07) is 16.1. The van der Waals surface area contributed by atoms with Crippen LogP contribution in [0.1, 0.15) is 29.9 Å². The Morgan fingerprint density at radius 1 is 1.11 bits per heavy atom. The summed E-state index contributed by atoms with van der Waals surface area (Å²) in [4.78, 5) is 24.0. The standard InChI is InChI=1S/C21H21NO5/c23-19(24)21(10-5-11-26-13-21)22-20(25)27-12-18-16-8-3-1-6-14(16)15-7-2-4-9-17(15)18/h1-4,6-9,18H,5,10-13H2,(H,22,25)(H,23,24).